The molecule has 0 aliphatic carbocycles. The van der Waals surface area contributed by atoms with Crippen molar-refractivity contribution in [1.29, 1.82) is 0 Å². The number of aryl methyl sites for hydroxylation is 1. The molecule has 1 aromatic rings. The van der Waals surface area contributed by atoms with Gasteiger partial charge in [-0.05, 0) is 31.9 Å². The summed E-state index contributed by atoms with van der Waals surface area (Å²) in [7, 11) is 0.671. The van der Waals surface area contributed by atoms with Crippen LogP contribution in [-0.4, -0.2) is 21.2 Å². The smallest absolute Gasteiger partial charge is 0.178 e. The number of benzene rings is 1. The minimum absolute atomic E-state index is 0.0605. The van der Waals surface area contributed by atoms with Gasteiger partial charge in [0.2, 0.25) is 0 Å². The van der Waals surface area contributed by atoms with E-state index in [1.807, 2.05) is 32.0 Å². The Balaban J connectivity index is 3.21. The standard InChI is InChI=1S/C11H17NOSi/c1-7-5-4-6-9(8(7)2)10(13)11(3,12)14/h4-6H,12H2,1-3,14H3. The van der Waals surface area contributed by atoms with Crippen molar-refractivity contribution in [2.24, 2.45) is 5.73 Å². The fraction of sp³-hybridized carbons (Fsp3) is 0.364. The van der Waals surface area contributed by atoms with Gasteiger partial charge < -0.3 is 5.73 Å². The first-order valence-corrected chi connectivity index (χ1v) is 5.74. The minimum Gasteiger partial charge on any atom is -0.322 e. The van der Waals surface area contributed by atoms with E-state index in [9.17, 15) is 4.79 Å². The molecule has 0 saturated carbocycles. The fourth-order valence-electron chi connectivity index (χ4n) is 1.34. The van der Waals surface area contributed by atoms with Crippen LogP contribution in [0.3, 0.4) is 0 Å². The number of carbonyl (C=O) groups excluding carboxylic acids is 1. The summed E-state index contributed by atoms with van der Waals surface area (Å²) in [6.07, 6.45) is 0. The second-order valence-electron chi connectivity index (χ2n) is 4.30. The molecule has 14 heavy (non-hydrogen) atoms. The Morgan fingerprint density at radius 2 is 2.00 bits per heavy atom. The number of carbonyl (C=O) groups is 1. The van der Waals surface area contributed by atoms with Crippen LogP contribution in [0.5, 0.6) is 0 Å². The Hall–Kier alpha value is -0.933. The maximum atomic E-state index is 11.9. The third-order valence-electron chi connectivity index (χ3n) is 2.43. The average molecular weight is 207 g/mol. The second kappa shape index (κ2) is 3.67. The van der Waals surface area contributed by atoms with Crippen molar-refractivity contribution >= 4 is 16.0 Å². The summed E-state index contributed by atoms with van der Waals surface area (Å²) in [5.74, 6) is 0.0605. The summed E-state index contributed by atoms with van der Waals surface area (Å²) in [4.78, 5) is 11.9. The maximum absolute atomic E-state index is 11.9. The van der Waals surface area contributed by atoms with Crippen molar-refractivity contribution in [3.63, 3.8) is 0 Å². The average Bonchev–Trinajstić information content (AvgIpc) is 2.07. The van der Waals surface area contributed by atoms with Crippen LogP contribution in [0.4, 0.5) is 0 Å². The zero-order valence-corrected chi connectivity index (χ0v) is 11.2. The van der Waals surface area contributed by atoms with Crippen LogP contribution in [0.1, 0.15) is 28.4 Å². The summed E-state index contributed by atoms with van der Waals surface area (Å²) in [5, 5.41) is -0.654. The number of nitrogens with two attached hydrogens (primary N) is 1. The van der Waals surface area contributed by atoms with Gasteiger partial charge in [0, 0.05) is 15.8 Å². The maximum Gasteiger partial charge on any atom is 0.178 e. The van der Waals surface area contributed by atoms with Crippen molar-refractivity contribution in [3.05, 3.63) is 34.9 Å². The first kappa shape index (κ1) is 11.1. The summed E-state index contributed by atoms with van der Waals surface area (Å²) in [6.45, 7) is 5.77. The lowest BCUT2D eigenvalue weighted by Gasteiger charge is -2.18. The first-order valence-electron chi connectivity index (χ1n) is 4.74. The predicted octanol–water partition coefficient (Wildman–Crippen LogP) is 0.526. The van der Waals surface area contributed by atoms with Crippen LogP contribution in [0.25, 0.3) is 0 Å². The molecule has 0 fully saturated rings. The van der Waals surface area contributed by atoms with E-state index in [0.29, 0.717) is 10.2 Å². The fourth-order valence-corrected chi connectivity index (χ4v) is 1.61. The van der Waals surface area contributed by atoms with Gasteiger partial charge in [-0.2, -0.15) is 0 Å². The Morgan fingerprint density at radius 1 is 1.43 bits per heavy atom. The lowest BCUT2D eigenvalue weighted by molar-refractivity contribution is 0.0948. The van der Waals surface area contributed by atoms with Crippen LogP contribution in [0.15, 0.2) is 18.2 Å². The highest BCUT2D eigenvalue weighted by atomic mass is 28.1. The summed E-state index contributed by atoms with van der Waals surface area (Å²) >= 11 is 0. The van der Waals surface area contributed by atoms with Crippen molar-refractivity contribution in [1.82, 2.24) is 0 Å². The molecule has 1 atom stereocenters. The van der Waals surface area contributed by atoms with Gasteiger partial charge in [0.05, 0.1) is 5.16 Å². The Labute approximate surface area is 87.9 Å². The largest absolute Gasteiger partial charge is 0.322 e. The van der Waals surface area contributed by atoms with Gasteiger partial charge >= 0.3 is 0 Å². The lowest BCUT2D eigenvalue weighted by Crippen LogP contribution is -2.45. The monoisotopic (exact) mass is 207 g/mol. The molecule has 2 nitrogen and oxygen atoms in total. The molecule has 0 heterocycles. The number of hydrogen-bond donors (Lipinski definition) is 1. The highest BCUT2D eigenvalue weighted by Gasteiger charge is 2.24. The normalized spacial score (nSPS) is 15.1. The second-order valence-corrected chi connectivity index (χ2v) is 6.38. The number of hydrogen-bond acceptors (Lipinski definition) is 2. The van der Waals surface area contributed by atoms with E-state index in [1.165, 1.54) is 0 Å². The summed E-state index contributed by atoms with van der Waals surface area (Å²) < 4.78 is 0. The van der Waals surface area contributed by atoms with E-state index in [2.05, 4.69) is 0 Å². The van der Waals surface area contributed by atoms with Gasteiger partial charge in [0.25, 0.3) is 0 Å². The van der Waals surface area contributed by atoms with Gasteiger partial charge in [-0.1, -0.05) is 18.2 Å². The highest BCUT2D eigenvalue weighted by Crippen LogP contribution is 2.16. The van der Waals surface area contributed by atoms with Gasteiger partial charge in [0.15, 0.2) is 5.78 Å². The zero-order chi connectivity index (χ0) is 10.9. The molecule has 0 aliphatic rings. The van der Waals surface area contributed by atoms with Gasteiger partial charge in [-0.25, -0.2) is 0 Å². The van der Waals surface area contributed by atoms with Crippen molar-refractivity contribution in [2.75, 3.05) is 0 Å². The molecule has 3 heteroatoms. The quantitative estimate of drug-likeness (QED) is 0.568. The molecular formula is C11H17NOSi. The lowest BCUT2D eigenvalue weighted by atomic mass is 9.97. The van der Waals surface area contributed by atoms with Crippen LogP contribution >= 0.6 is 0 Å². The Bertz CT molecular complexity index is 366. The van der Waals surface area contributed by atoms with E-state index in [1.54, 1.807) is 6.92 Å². The van der Waals surface area contributed by atoms with Gasteiger partial charge in [-0.15, -0.1) is 0 Å². The van der Waals surface area contributed by atoms with Crippen molar-refractivity contribution < 1.29 is 4.79 Å². The molecule has 0 spiro atoms. The highest BCUT2D eigenvalue weighted by molar-refractivity contribution is 6.32. The third kappa shape index (κ3) is 2.11. The molecular weight excluding hydrogens is 190 g/mol. The molecule has 1 unspecified atom stereocenters. The first-order chi connectivity index (χ1) is 6.34. The molecule has 0 aromatic heterocycles. The van der Waals surface area contributed by atoms with Crippen LogP contribution in [0.2, 0.25) is 0 Å². The summed E-state index contributed by atoms with van der Waals surface area (Å²) in [6, 6.07) is 5.77. The predicted molar refractivity (Wildman–Crippen MR) is 62.8 cm³/mol. The van der Waals surface area contributed by atoms with E-state index < -0.39 is 5.16 Å². The third-order valence-corrected chi connectivity index (χ3v) is 2.89. The molecule has 2 N–H and O–H groups in total. The van der Waals surface area contributed by atoms with Gasteiger partial charge in [0.1, 0.15) is 0 Å². The number of ketones is 1. The Morgan fingerprint density at radius 3 is 2.50 bits per heavy atom. The molecule has 0 amide bonds. The molecule has 0 bridgehead atoms. The van der Waals surface area contributed by atoms with E-state index >= 15 is 0 Å². The zero-order valence-electron chi connectivity index (χ0n) is 9.22. The number of Topliss-reactive ketones (excluding diaryl/α,β-unsaturated/α-hetero) is 1. The van der Waals surface area contributed by atoms with Crippen molar-refractivity contribution in [3.8, 4) is 0 Å². The molecule has 1 aromatic carbocycles. The summed E-state index contributed by atoms with van der Waals surface area (Å²) in [5.41, 5.74) is 8.80. The SMILES string of the molecule is Cc1cccc(C(=O)C(C)(N)[SiH3])c1C. The molecule has 0 saturated heterocycles. The minimum atomic E-state index is -0.654. The topological polar surface area (TPSA) is 43.1 Å². The van der Waals surface area contributed by atoms with Crippen molar-refractivity contribution in [2.45, 2.75) is 25.9 Å². The molecule has 0 radical (unpaired) electrons. The van der Waals surface area contributed by atoms with E-state index in [4.69, 9.17) is 5.73 Å². The number of rotatable bonds is 2. The Kier molecular flexibility index (Phi) is 2.92. The van der Waals surface area contributed by atoms with Crippen LogP contribution in [0, 0.1) is 13.8 Å². The van der Waals surface area contributed by atoms with E-state index in [0.717, 1.165) is 16.7 Å². The molecule has 0 aliphatic heterocycles. The van der Waals surface area contributed by atoms with Gasteiger partial charge in [-0.3, -0.25) is 4.79 Å². The van der Waals surface area contributed by atoms with Crippen LogP contribution < -0.4 is 5.73 Å². The molecule has 1 rings (SSSR count). The molecule has 76 valence electrons. The van der Waals surface area contributed by atoms with E-state index in [-0.39, 0.29) is 5.78 Å². The van der Waals surface area contributed by atoms with Crippen LogP contribution in [-0.2, 0) is 0 Å².